The zero-order valence-electron chi connectivity index (χ0n) is 17.7. The van der Waals surface area contributed by atoms with E-state index in [-0.39, 0.29) is 11.8 Å². The number of aromatic nitrogens is 2. The first-order chi connectivity index (χ1) is 14.3. The van der Waals surface area contributed by atoms with Crippen molar-refractivity contribution in [2.24, 2.45) is 5.92 Å². The van der Waals surface area contributed by atoms with E-state index in [1.54, 1.807) is 0 Å². The molecule has 1 amide bonds. The number of nitrogens with zero attached hydrogens (tertiary/aromatic N) is 5. The lowest BCUT2D eigenvalue weighted by Gasteiger charge is -2.33. The minimum Gasteiger partial charge on any atom is -0.369 e. The predicted octanol–water partition coefficient (Wildman–Crippen LogP) is 2.29. The van der Waals surface area contributed by atoms with E-state index in [0.29, 0.717) is 0 Å². The van der Waals surface area contributed by atoms with Crippen molar-refractivity contribution in [3.8, 4) is 0 Å². The second-order valence-electron chi connectivity index (χ2n) is 8.74. The van der Waals surface area contributed by atoms with Crippen LogP contribution in [-0.4, -0.2) is 73.1 Å². The third-order valence-electron chi connectivity index (χ3n) is 6.67. The Bertz CT molecular complexity index is 631. The van der Waals surface area contributed by atoms with Gasteiger partial charge in [-0.15, -0.1) is 0 Å². The summed E-state index contributed by atoms with van der Waals surface area (Å²) in [6, 6.07) is 0. The van der Waals surface area contributed by atoms with Gasteiger partial charge < -0.3 is 20.0 Å². The molecule has 0 saturated carbocycles. The second-order valence-corrected chi connectivity index (χ2v) is 8.74. The Morgan fingerprint density at radius 1 is 0.862 bits per heavy atom. The number of nitrogens with one attached hydrogen (secondary N) is 1. The van der Waals surface area contributed by atoms with E-state index in [1.807, 2.05) is 12.4 Å². The molecule has 3 fully saturated rings. The van der Waals surface area contributed by atoms with Gasteiger partial charge in [0.05, 0.1) is 18.1 Å². The summed E-state index contributed by atoms with van der Waals surface area (Å²) in [5.74, 6) is 1.23. The molecule has 4 heterocycles. The SMILES string of the molecule is O=C(NCCN1CCCCC1)C1CCN(c2cnc(N3CCCCC3)nc2)CC1. The van der Waals surface area contributed by atoms with Crippen LogP contribution < -0.4 is 15.1 Å². The predicted molar refractivity (Wildman–Crippen MR) is 116 cm³/mol. The highest BCUT2D eigenvalue weighted by atomic mass is 16.1. The summed E-state index contributed by atoms with van der Waals surface area (Å²) in [7, 11) is 0. The van der Waals surface area contributed by atoms with Crippen molar-refractivity contribution in [1.82, 2.24) is 20.2 Å². The van der Waals surface area contributed by atoms with Gasteiger partial charge in [0, 0.05) is 45.2 Å². The van der Waals surface area contributed by atoms with Crippen LogP contribution in [0.2, 0.25) is 0 Å². The molecule has 3 aliphatic rings. The maximum absolute atomic E-state index is 12.5. The van der Waals surface area contributed by atoms with Gasteiger partial charge >= 0.3 is 0 Å². The number of rotatable bonds is 6. The minimum atomic E-state index is 0.140. The molecule has 3 saturated heterocycles. The molecule has 0 aromatic carbocycles. The van der Waals surface area contributed by atoms with E-state index in [0.717, 1.165) is 63.7 Å². The molecule has 0 radical (unpaired) electrons. The van der Waals surface area contributed by atoms with E-state index < -0.39 is 0 Å². The Labute approximate surface area is 174 Å². The Hall–Kier alpha value is -1.89. The Morgan fingerprint density at radius 2 is 1.48 bits per heavy atom. The Morgan fingerprint density at radius 3 is 2.14 bits per heavy atom. The standard InChI is InChI=1S/C22H36N6O/c29-21(23-9-16-26-10-3-1-4-11-26)19-7-14-27(15-8-19)20-17-24-22(25-18-20)28-12-5-2-6-13-28/h17-19H,1-16H2,(H,23,29). The number of hydrogen-bond donors (Lipinski definition) is 1. The van der Waals surface area contributed by atoms with Crippen LogP contribution in [-0.2, 0) is 4.79 Å². The van der Waals surface area contributed by atoms with Crippen LogP contribution in [0.4, 0.5) is 11.6 Å². The maximum Gasteiger partial charge on any atom is 0.225 e. The molecule has 1 aromatic rings. The molecule has 160 valence electrons. The van der Waals surface area contributed by atoms with E-state index in [4.69, 9.17) is 0 Å². The van der Waals surface area contributed by atoms with Crippen LogP contribution in [0.5, 0.6) is 0 Å². The zero-order chi connectivity index (χ0) is 19.9. The molecule has 4 rings (SSSR count). The number of hydrogen-bond acceptors (Lipinski definition) is 6. The molecule has 29 heavy (non-hydrogen) atoms. The van der Waals surface area contributed by atoms with Crippen LogP contribution in [0.15, 0.2) is 12.4 Å². The van der Waals surface area contributed by atoms with E-state index in [1.165, 1.54) is 51.6 Å². The highest BCUT2D eigenvalue weighted by Crippen LogP contribution is 2.24. The molecular formula is C22H36N6O. The van der Waals surface area contributed by atoms with Gasteiger partial charge in [-0.3, -0.25) is 4.79 Å². The maximum atomic E-state index is 12.5. The molecule has 7 nitrogen and oxygen atoms in total. The Balaban J connectivity index is 1.19. The third-order valence-corrected chi connectivity index (χ3v) is 6.67. The normalized spacial score (nSPS) is 21.9. The monoisotopic (exact) mass is 400 g/mol. The highest BCUT2D eigenvalue weighted by molar-refractivity contribution is 5.79. The van der Waals surface area contributed by atoms with Crippen molar-refractivity contribution < 1.29 is 4.79 Å². The average molecular weight is 401 g/mol. The van der Waals surface area contributed by atoms with Gasteiger partial charge in [0.25, 0.3) is 0 Å². The smallest absolute Gasteiger partial charge is 0.225 e. The zero-order valence-corrected chi connectivity index (χ0v) is 17.7. The van der Waals surface area contributed by atoms with E-state index in [9.17, 15) is 4.79 Å². The van der Waals surface area contributed by atoms with Crippen molar-refractivity contribution >= 4 is 17.5 Å². The van der Waals surface area contributed by atoms with Gasteiger partial charge in [0.15, 0.2) is 0 Å². The number of carbonyl (C=O) groups excluding carboxylic acids is 1. The first-order valence-electron chi connectivity index (χ1n) is 11.6. The fraction of sp³-hybridized carbons (Fsp3) is 0.773. The lowest BCUT2D eigenvalue weighted by Crippen LogP contribution is -2.43. The van der Waals surface area contributed by atoms with Gasteiger partial charge in [0.1, 0.15) is 0 Å². The number of likely N-dealkylation sites (tertiary alicyclic amines) is 1. The number of piperidine rings is 3. The first kappa shape index (κ1) is 20.4. The van der Waals surface area contributed by atoms with Crippen molar-refractivity contribution in [1.29, 1.82) is 0 Å². The largest absolute Gasteiger partial charge is 0.369 e. The molecule has 7 heteroatoms. The number of carbonyl (C=O) groups is 1. The molecule has 3 aliphatic heterocycles. The lowest BCUT2D eigenvalue weighted by molar-refractivity contribution is -0.125. The molecule has 1 N–H and O–H groups in total. The Kier molecular flexibility index (Phi) is 7.19. The summed E-state index contributed by atoms with van der Waals surface area (Å²) in [4.78, 5) is 28.8. The number of anilines is 2. The first-order valence-corrected chi connectivity index (χ1v) is 11.6. The van der Waals surface area contributed by atoms with E-state index >= 15 is 0 Å². The fourth-order valence-electron chi connectivity index (χ4n) is 4.80. The van der Waals surface area contributed by atoms with E-state index in [2.05, 4.69) is 30.0 Å². The van der Waals surface area contributed by atoms with Crippen LogP contribution in [0.1, 0.15) is 51.4 Å². The molecule has 0 bridgehead atoms. The van der Waals surface area contributed by atoms with Gasteiger partial charge in [-0.2, -0.15) is 0 Å². The lowest BCUT2D eigenvalue weighted by atomic mass is 9.95. The van der Waals surface area contributed by atoms with Crippen LogP contribution >= 0.6 is 0 Å². The van der Waals surface area contributed by atoms with Crippen LogP contribution in [0.3, 0.4) is 0 Å². The highest BCUT2D eigenvalue weighted by Gasteiger charge is 2.25. The minimum absolute atomic E-state index is 0.140. The topological polar surface area (TPSA) is 64.6 Å². The molecule has 0 aliphatic carbocycles. The summed E-state index contributed by atoms with van der Waals surface area (Å²) >= 11 is 0. The quantitative estimate of drug-likeness (QED) is 0.790. The summed E-state index contributed by atoms with van der Waals surface area (Å²) < 4.78 is 0. The van der Waals surface area contributed by atoms with Crippen molar-refractivity contribution in [3.05, 3.63) is 12.4 Å². The van der Waals surface area contributed by atoms with Crippen molar-refractivity contribution in [2.45, 2.75) is 51.4 Å². The summed E-state index contributed by atoms with van der Waals surface area (Å²) in [6.07, 6.45) is 13.5. The second kappa shape index (κ2) is 10.2. The van der Waals surface area contributed by atoms with Crippen LogP contribution in [0.25, 0.3) is 0 Å². The number of amides is 1. The average Bonchev–Trinajstić information content (AvgIpc) is 2.80. The summed E-state index contributed by atoms with van der Waals surface area (Å²) in [5, 5.41) is 3.17. The van der Waals surface area contributed by atoms with Crippen molar-refractivity contribution in [3.63, 3.8) is 0 Å². The molecule has 0 atom stereocenters. The van der Waals surface area contributed by atoms with Crippen molar-refractivity contribution in [2.75, 3.05) is 62.2 Å². The fourth-order valence-corrected chi connectivity index (χ4v) is 4.80. The summed E-state index contributed by atoms with van der Waals surface area (Å²) in [6.45, 7) is 8.08. The third kappa shape index (κ3) is 5.59. The summed E-state index contributed by atoms with van der Waals surface area (Å²) in [5.41, 5.74) is 1.08. The molecular weight excluding hydrogens is 364 g/mol. The van der Waals surface area contributed by atoms with Gasteiger partial charge in [-0.05, 0) is 58.0 Å². The van der Waals surface area contributed by atoms with Gasteiger partial charge in [0.2, 0.25) is 11.9 Å². The van der Waals surface area contributed by atoms with Gasteiger partial charge in [-0.1, -0.05) is 6.42 Å². The van der Waals surface area contributed by atoms with Crippen LogP contribution in [0, 0.1) is 5.92 Å². The molecule has 1 aromatic heterocycles. The van der Waals surface area contributed by atoms with Gasteiger partial charge in [-0.25, -0.2) is 9.97 Å². The molecule has 0 spiro atoms. The molecule has 0 unspecified atom stereocenters.